The number of allylic oxidation sites excluding steroid dienone is 1. The fraction of sp³-hybridized carbons (Fsp3) is 0.429. The molecule has 0 aliphatic rings. The molecule has 0 spiro atoms. The molecule has 0 saturated heterocycles. The van der Waals surface area contributed by atoms with E-state index in [-0.39, 0.29) is 11.1 Å². The second-order valence-corrected chi connectivity index (χ2v) is 4.84. The van der Waals surface area contributed by atoms with Crippen LogP contribution in [-0.2, 0) is 0 Å². The highest BCUT2D eigenvalue weighted by Gasteiger charge is 2.03. The Morgan fingerprint density at radius 3 is 2.61 bits per heavy atom. The molecule has 0 fully saturated rings. The van der Waals surface area contributed by atoms with Crippen molar-refractivity contribution >= 4 is 23.4 Å². The van der Waals surface area contributed by atoms with Crippen molar-refractivity contribution in [2.45, 2.75) is 38.0 Å². The monoisotopic (exact) mass is 267 g/mol. The molecule has 0 N–H and O–H groups in total. The van der Waals surface area contributed by atoms with Crippen LogP contribution in [-0.4, -0.2) is 10.3 Å². The summed E-state index contributed by atoms with van der Waals surface area (Å²) in [5.74, 6) is 0. The van der Waals surface area contributed by atoms with E-state index in [1.165, 1.54) is 12.1 Å². The molecule has 0 saturated carbocycles. The first-order valence-electron chi connectivity index (χ1n) is 6.18. The van der Waals surface area contributed by atoms with Gasteiger partial charge >= 0.3 is 0 Å². The number of hydrogen-bond acceptors (Lipinski definition) is 2. The van der Waals surface area contributed by atoms with Gasteiger partial charge < -0.3 is 0 Å². The third kappa shape index (κ3) is 5.32. The van der Waals surface area contributed by atoms with Crippen molar-refractivity contribution < 1.29 is 4.92 Å². The van der Waals surface area contributed by atoms with Crippen molar-refractivity contribution in [3.05, 3.63) is 46.0 Å². The Hall–Kier alpha value is -1.35. The lowest BCUT2D eigenvalue weighted by atomic mass is 10.1. The molecule has 0 aliphatic heterocycles. The van der Waals surface area contributed by atoms with Gasteiger partial charge in [0.05, 0.1) is 4.92 Å². The van der Waals surface area contributed by atoms with Crippen molar-refractivity contribution in [2.75, 3.05) is 0 Å². The van der Waals surface area contributed by atoms with Crippen LogP contribution in [0.3, 0.4) is 0 Å². The molecule has 3 nitrogen and oxygen atoms in total. The lowest BCUT2D eigenvalue weighted by Crippen LogP contribution is -1.95. The van der Waals surface area contributed by atoms with Crippen LogP contribution in [0.4, 0.5) is 5.69 Å². The van der Waals surface area contributed by atoms with Gasteiger partial charge in [-0.3, -0.25) is 10.1 Å². The van der Waals surface area contributed by atoms with Gasteiger partial charge in [-0.25, -0.2) is 0 Å². The highest BCUT2D eigenvalue weighted by molar-refractivity contribution is 6.20. The van der Waals surface area contributed by atoms with Gasteiger partial charge in [0.15, 0.2) is 0 Å². The van der Waals surface area contributed by atoms with E-state index in [0.29, 0.717) is 0 Å². The molecule has 0 aliphatic carbocycles. The predicted molar refractivity (Wildman–Crippen MR) is 75.9 cm³/mol. The number of nitro benzene ring substituents is 1. The molecule has 1 atom stereocenters. The van der Waals surface area contributed by atoms with Gasteiger partial charge in [0.2, 0.25) is 0 Å². The number of non-ortho nitro benzene ring substituents is 1. The Kier molecular flexibility index (Phi) is 6.44. The smallest absolute Gasteiger partial charge is 0.258 e. The number of nitro groups is 1. The minimum atomic E-state index is -0.396. The molecule has 1 aromatic carbocycles. The zero-order valence-electron chi connectivity index (χ0n) is 10.5. The maximum absolute atomic E-state index is 10.5. The fourth-order valence-electron chi connectivity index (χ4n) is 1.60. The van der Waals surface area contributed by atoms with Crippen LogP contribution >= 0.6 is 11.6 Å². The molecule has 0 heterocycles. The number of alkyl halides is 1. The van der Waals surface area contributed by atoms with Gasteiger partial charge in [-0.15, -0.1) is 11.6 Å². The highest BCUT2D eigenvalue weighted by Crippen LogP contribution is 2.15. The van der Waals surface area contributed by atoms with Crippen LogP contribution in [0, 0.1) is 10.1 Å². The third-order valence-corrected chi connectivity index (χ3v) is 3.07. The molecule has 4 heteroatoms. The van der Waals surface area contributed by atoms with Gasteiger partial charge in [-0.05, 0) is 30.5 Å². The average molecular weight is 268 g/mol. The first kappa shape index (κ1) is 14.7. The molecule has 1 rings (SSSR count). The summed E-state index contributed by atoms with van der Waals surface area (Å²) < 4.78 is 0. The molecule has 0 radical (unpaired) electrons. The minimum Gasteiger partial charge on any atom is -0.258 e. The zero-order chi connectivity index (χ0) is 13.4. The second-order valence-electron chi connectivity index (χ2n) is 4.23. The van der Waals surface area contributed by atoms with E-state index >= 15 is 0 Å². The van der Waals surface area contributed by atoms with Crippen LogP contribution in [0.15, 0.2) is 30.3 Å². The second kappa shape index (κ2) is 7.88. The summed E-state index contributed by atoms with van der Waals surface area (Å²) in [5.41, 5.74) is 1.07. The van der Waals surface area contributed by atoms with Crippen LogP contribution in [0.5, 0.6) is 0 Å². The van der Waals surface area contributed by atoms with Gasteiger partial charge in [0.1, 0.15) is 0 Å². The van der Waals surface area contributed by atoms with E-state index in [1.807, 2.05) is 12.2 Å². The molecule has 0 aromatic heterocycles. The molecule has 18 heavy (non-hydrogen) atoms. The maximum atomic E-state index is 10.5. The normalized spacial score (nSPS) is 12.8. The molecular weight excluding hydrogens is 250 g/mol. The van der Waals surface area contributed by atoms with Gasteiger partial charge in [0, 0.05) is 17.5 Å². The van der Waals surface area contributed by atoms with Gasteiger partial charge in [-0.2, -0.15) is 0 Å². The van der Waals surface area contributed by atoms with E-state index in [4.69, 9.17) is 11.6 Å². The van der Waals surface area contributed by atoms with Gasteiger partial charge in [-0.1, -0.05) is 31.9 Å². The van der Waals surface area contributed by atoms with Gasteiger partial charge in [0.25, 0.3) is 5.69 Å². The SMILES string of the molecule is CCCCC(Cl)CC=Cc1ccc([N+](=O)[O-])cc1. The Balaban J connectivity index is 2.44. The predicted octanol–water partition coefficient (Wildman–Crippen LogP) is 4.80. The Morgan fingerprint density at radius 2 is 2.06 bits per heavy atom. The Morgan fingerprint density at radius 1 is 1.39 bits per heavy atom. The summed E-state index contributed by atoms with van der Waals surface area (Å²) in [7, 11) is 0. The van der Waals surface area contributed by atoms with E-state index in [0.717, 1.165) is 31.2 Å². The molecule has 98 valence electrons. The maximum Gasteiger partial charge on any atom is 0.269 e. The lowest BCUT2D eigenvalue weighted by molar-refractivity contribution is -0.384. The van der Waals surface area contributed by atoms with Crippen LogP contribution in [0.25, 0.3) is 6.08 Å². The molecule has 1 unspecified atom stereocenters. The number of benzene rings is 1. The first-order valence-corrected chi connectivity index (χ1v) is 6.62. The van der Waals surface area contributed by atoms with E-state index < -0.39 is 4.92 Å². The largest absolute Gasteiger partial charge is 0.269 e. The lowest BCUT2D eigenvalue weighted by Gasteiger charge is -2.04. The van der Waals surface area contributed by atoms with Crippen molar-refractivity contribution in [1.29, 1.82) is 0 Å². The number of halogens is 1. The van der Waals surface area contributed by atoms with E-state index in [1.54, 1.807) is 12.1 Å². The standard InChI is InChI=1S/C14H18ClNO2/c1-2-3-6-13(15)7-4-5-12-8-10-14(11-9-12)16(17)18/h4-5,8-11,13H,2-3,6-7H2,1H3. The van der Waals surface area contributed by atoms with E-state index in [9.17, 15) is 10.1 Å². The summed E-state index contributed by atoms with van der Waals surface area (Å²) >= 11 is 6.15. The summed E-state index contributed by atoms with van der Waals surface area (Å²) in [6, 6.07) is 6.50. The van der Waals surface area contributed by atoms with Crippen molar-refractivity contribution in [1.82, 2.24) is 0 Å². The van der Waals surface area contributed by atoms with Crippen molar-refractivity contribution in [3.8, 4) is 0 Å². The highest BCUT2D eigenvalue weighted by atomic mass is 35.5. The Bertz CT molecular complexity index is 401. The summed E-state index contributed by atoms with van der Waals surface area (Å²) in [6.45, 7) is 2.15. The molecule has 0 bridgehead atoms. The van der Waals surface area contributed by atoms with Crippen LogP contribution < -0.4 is 0 Å². The topological polar surface area (TPSA) is 43.1 Å². The summed E-state index contributed by atoms with van der Waals surface area (Å²) in [5, 5.41) is 10.7. The van der Waals surface area contributed by atoms with Crippen molar-refractivity contribution in [3.63, 3.8) is 0 Å². The fourth-order valence-corrected chi connectivity index (χ4v) is 1.86. The number of unbranched alkanes of at least 4 members (excludes halogenated alkanes) is 1. The van der Waals surface area contributed by atoms with E-state index in [2.05, 4.69) is 6.92 Å². The summed E-state index contributed by atoms with van der Waals surface area (Å²) in [4.78, 5) is 10.1. The van der Waals surface area contributed by atoms with Crippen LogP contribution in [0.1, 0.15) is 38.2 Å². The average Bonchev–Trinajstić information content (AvgIpc) is 2.37. The number of rotatable bonds is 7. The number of hydrogen-bond donors (Lipinski definition) is 0. The molecule has 0 amide bonds. The summed E-state index contributed by atoms with van der Waals surface area (Å²) in [6.07, 6.45) is 8.15. The quantitative estimate of drug-likeness (QED) is 0.405. The molecule has 1 aromatic rings. The van der Waals surface area contributed by atoms with Crippen LogP contribution in [0.2, 0.25) is 0 Å². The molecular formula is C14H18ClNO2. The Labute approximate surface area is 113 Å². The first-order chi connectivity index (χ1) is 8.63. The zero-order valence-corrected chi connectivity index (χ0v) is 11.3. The third-order valence-electron chi connectivity index (χ3n) is 2.68. The van der Waals surface area contributed by atoms with Crippen molar-refractivity contribution in [2.24, 2.45) is 0 Å². The number of nitrogens with zero attached hydrogens (tertiary/aromatic N) is 1. The minimum absolute atomic E-state index is 0.116.